The second kappa shape index (κ2) is 6.08. The Bertz CT molecular complexity index is 599. The predicted octanol–water partition coefficient (Wildman–Crippen LogP) is 4.06. The SMILES string of the molecule is CCOC(=O)c1coc(Oc2ccc(Br)cc2Cl)n1. The van der Waals surface area contributed by atoms with Gasteiger partial charge in [0.15, 0.2) is 11.4 Å². The highest BCUT2D eigenvalue weighted by atomic mass is 79.9. The Labute approximate surface area is 122 Å². The van der Waals surface area contributed by atoms with Gasteiger partial charge in [-0.2, -0.15) is 4.98 Å². The molecule has 0 unspecified atom stereocenters. The third kappa shape index (κ3) is 3.48. The van der Waals surface area contributed by atoms with Crippen molar-refractivity contribution in [1.29, 1.82) is 0 Å². The summed E-state index contributed by atoms with van der Waals surface area (Å²) in [5.41, 5.74) is 0.0464. The van der Waals surface area contributed by atoms with E-state index >= 15 is 0 Å². The molecule has 0 radical (unpaired) electrons. The standard InChI is InChI=1S/C12H9BrClNO4/c1-2-17-11(16)9-6-18-12(15-9)19-10-4-3-7(13)5-8(10)14/h3-6H,2H2,1H3. The zero-order valence-electron chi connectivity index (χ0n) is 9.85. The molecular formula is C12H9BrClNO4. The number of carbonyl (C=O) groups excluding carboxylic acids is 1. The molecule has 2 rings (SSSR count). The number of carbonyl (C=O) groups is 1. The summed E-state index contributed by atoms with van der Waals surface area (Å²) in [6.07, 6.45) is 1.09. The molecule has 0 spiro atoms. The van der Waals surface area contributed by atoms with Gasteiger partial charge >= 0.3 is 12.0 Å². The van der Waals surface area contributed by atoms with E-state index in [1.807, 2.05) is 0 Å². The molecule has 0 saturated heterocycles. The molecule has 2 aromatic rings. The van der Waals surface area contributed by atoms with Crippen molar-refractivity contribution in [2.24, 2.45) is 0 Å². The van der Waals surface area contributed by atoms with E-state index in [-0.39, 0.29) is 18.4 Å². The number of ether oxygens (including phenoxy) is 2. The molecule has 1 aromatic heterocycles. The molecule has 0 aliphatic rings. The van der Waals surface area contributed by atoms with Gasteiger partial charge in [0.05, 0.1) is 11.6 Å². The lowest BCUT2D eigenvalue weighted by Crippen LogP contribution is -2.04. The molecule has 0 fully saturated rings. The monoisotopic (exact) mass is 345 g/mol. The van der Waals surface area contributed by atoms with Crippen LogP contribution >= 0.6 is 27.5 Å². The molecule has 0 aliphatic heterocycles. The summed E-state index contributed by atoms with van der Waals surface area (Å²) >= 11 is 9.26. The molecule has 1 aromatic carbocycles. The van der Waals surface area contributed by atoms with Crippen LogP contribution in [-0.4, -0.2) is 17.6 Å². The van der Waals surface area contributed by atoms with Crippen molar-refractivity contribution < 1.29 is 18.7 Å². The Kier molecular flexibility index (Phi) is 4.44. The number of halogens is 2. The summed E-state index contributed by atoms with van der Waals surface area (Å²) < 4.78 is 16.0. The van der Waals surface area contributed by atoms with E-state index in [0.29, 0.717) is 10.8 Å². The molecule has 19 heavy (non-hydrogen) atoms. The topological polar surface area (TPSA) is 61.6 Å². The van der Waals surface area contributed by atoms with Crippen molar-refractivity contribution in [3.63, 3.8) is 0 Å². The summed E-state index contributed by atoms with van der Waals surface area (Å²) in [7, 11) is 0. The Morgan fingerprint density at radius 1 is 1.53 bits per heavy atom. The van der Waals surface area contributed by atoms with Gasteiger partial charge in [0, 0.05) is 4.47 Å². The molecule has 1 heterocycles. The molecule has 0 bridgehead atoms. The summed E-state index contributed by atoms with van der Waals surface area (Å²) in [5.74, 6) is -0.190. The van der Waals surface area contributed by atoms with E-state index in [0.717, 1.165) is 4.47 Å². The first-order valence-electron chi connectivity index (χ1n) is 5.35. The van der Waals surface area contributed by atoms with Gasteiger partial charge in [0.1, 0.15) is 6.26 Å². The lowest BCUT2D eigenvalue weighted by molar-refractivity contribution is 0.0519. The van der Waals surface area contributed by atoms with E-state index < -0.39 is 5.97 Å². The average Bonchev–Trinajstić information content (AvgIpc) is 2.82. The predicted molar refractivity (Wildman–Crippen MR) is 71.7 cm³/mol. The van der Waals surface area contributed by atoms with Crippen molar-refractivity contribution in [3.05, 3.63) is 39.7 Å². The van der Waals surface area contributed by atoms with Crippen LogP contribution < -0.4 is 4.74 Å². The van der Waals surface area contributed by atoms with Gasteiger partial charge in [-0.15, -0.1) is 0 Å². The number of hydrogen-bond donors (Lipinski definition) is 0. The molecular weight excluding hydrogens is 337 g/mol. The minimum absolute atomic E-state index is 0.0464. The molecule has 100 valence electrons. The average molecular weight is 347 g/mol. The summed E-state index contributed by atoms with van der Waals surface area (Å²) in [5, 5.41) is 0.394. The number of nitrogens with zero attached hydrogens (tertiary/aromatic N) is 1. The van der Waals surface area contributed by atoms with Gasteiger partial charge in [-0.25, -0.2) is 4.79 Å². The maximum absolute atomic E-state index is 11.4. The molecule has 0 saturated carbocycles. The van der Waals surface area contributed by atoms with Crippen molar-refractivity contribution >= 4 is 33.5 Å². The Hall–Kier alpha value is -1.53. The van der Waals surface area contributed by atoms with E-state index in [1.54, 1.807) is 25.1 Å². The van der Waals surface area contributed by atoms with E-state index in [2.05, 4.69) is 20.9 Å². The van der Waals surface area contributed by atoms with Crippen molar-refractivity contribution in [3.8, 4) is 11.8 Å². The zero-order chi connectivity index (χ0) is 13.8. The number of benzene rings is 1. The third-order valence-electron chi connectivity index (χ3n) is 2.06. The molecule has 5 nitrogen and oxygen atoms in total. The fourth-order valence-corrected chi connectivity index (χ4v) is 1.97. The van der Waals surface area contributed by atoms with Gasteiger partial charge < -0.3 is 13.9 Å². The van der Waals surface area contributed by atoms with E-state index in [4.69, 9.17) is 25.5 Å². The molecule has 0 aliphatic carbocycles. The molecule has 0 amide bonds. The minimum Gasteiger partial charge on any atom is -0.461 e. The van der Waals surface area contributed by atoms with Crippen LogP contribution in [-0.2, 0) is 4.74 Å². The Balaban J connectivity index is 2.13. The van der Waals surface area contributed by atoms with Gasteiger partial charge in [0.25, 0.3) is 0 Å². The van der Waals surface area contributed by atoms with Crippen LogP contribution in [0.3, 0.4) is 0 Å². The van der Waals surface area contributed by atoms with Crippen LogP contribution in [0.2, 0.25) is 5.02 Å². The molecule has 0 atom stereocenters. The lowest BCUT2D eigenvalue weighted by atomic mass is 10.3. The highest BCUT2D eigenvalue weighted by molar-refractivity contribution is 9.10. The highest BCUT2D eigenvalue weighted by Gasteiger charge is 2.15. The largest absolute Gasteiger partial charge is 0.461 e. The number of aromatic nitrogens is 1. The van der Waals surface area contributed by atoms with Gasteiger partial charge in [-0.1, -0.05) is 27.5 Å². The number of oxazole rings is 1. The van der Waals surface area contributed by atoms with Crippen LogP contribution in [0.5, 0.6) is 11.8 Å². The normalized spacial score (nSPS) is 10.3. The zero-order valence-corrected chi connectivity index (χ0v) is 12.2. The lowest BCUT2D eigenvalue weighted by Gasteiger charge is -2.03. The quantitative estimate of drug-likeness (QED) is 0.781. The van der Waals surface area contributed by atoms with Crippen LogP contribution in [0.15, 0.2) is 33.4 Å². The Morgan fingerprint density at radius 3 is 3.00 bits per heavy atom. The Morgan fingerprint density at radius 2 is 2.32 bits per heavy atom. The van der Waals surface area contributed by atoms with Crippen LogP contribution in [0, 0.1) is 0 Å². The second-order valence-corrected chi connectivity index (χ2v) is 4.72. The fraction of sp³-hybridized carbons (Fsp3) is 0.167. The first-order chi connectivity index (χ1) is 9.10. The van der Waals surface area contributed by atoms with Crippen molar-refractivity contribution in [1.82, 2.24) is 4.98 Å². The summed E-state index contributed by atoms with van der Waals surface area (Å²) in [6, 6.07) is 5.09. The fourth-order valence-electron chi connectivity index (χ4n) is 1.25. The highest BCUT2D eigenvalue weighted by Crippen LogP contribution is 2.31. The summed E-state index contributed by atoms with van der Waals surface area (Å²) in [4.78, 5) is 15.2. The van der Waals surface area contributed by atoms with Gasteiger partial charge in [0.2, 0.25) is 0 Å². The number of hydrogen-bond acceptors (Lipinski definition) is 5. The first-order valence-corrected chi connectivity index (χ1v) is 6.52. The molecule has 0 N–H and O–H groups in total. The third-order valence-corrected chi connectivity index (χ3v) is 2.85. The van der Waals surface area contributed by atoms with Crippen LogP contribution in [0.25, 0.3) is 0 Å². The van der Waals surface area contributed by atoms with Gasteiger partial charge in [-0.3, -0.25) is 0 Å². The molecule has 7 heteroatoms. The van der Waals surface area contributed by atoms with Crippen molar-refractivity contribution in [2.45, 2.75) is 6.92 Å². The summed E-state index contributed by atoms with van der Waals surface area (Å²) in [6.45, 7) is 1.97. The smallest absolute Gasteiger partial charge is 0.399 e. The second-order valence-electron chi connectivity index (χ2n) is 3.40. The van der Waals surface area contributed by atoms with Crippen LogP contribution in [0.1, 0.15) is 17.4 Å². The maximum atomic E-state index is 11.4. The minimum atomic E-state index is -0.567. The number of rotatable bonds is 4. The maximum Gasteiger partial charge on any atom is 0.399 e. The van der Waals surface area contributed by atoms with Crippen LogP contribution in [0.4, 0.5) is 0 Å². The van der Waals surface area contributed by atoms with E-state index in [9.17, 15) is 4.79 Å². The van der Waals surface area contributed by atoms with Crippen molar-refractivity contribution in [2.75, 3.05) is 6.61 Å². The van der Waals surface area contributed by atoms with E-state index in [1.165, 1.54) is 6.26 Å². The number of esters is 1. The first kappa shape index (κ1) is 13.9. The van der Waals surface area contributed by atoms with Gasteiger partial charge in [-0.05, 0) is 25.1 Å².